The van der Waals surface area contributed by atoms with Crippen LogP contribution in [0.2, 0.25) is 0 Å². The number of thioether (sulfide) groups is 1. The van der Waals surface area contributed by atoms with Gasteiger partial charge in [0, 0.05) is 43.2 Å². The van der Waals surface area contributed by atoms with E-state index in [0.29, 0.717) is 49.0 Å². The van der Waals surface area contributed by atoms with Gasteiger partial charge in [0.2, 0.25) is 5.91 Å². The van der Waals surface area contributed by atoms with Crippen LogP contribution in [-0.4, -0.2) is 53.5 Å². The summed E-state index contributed by atoms with van der Waals surface area (Å²) in [6, 6.07) is 9.87. The lowest BCUT2D eigenvalue weighted by Crippen LogP contribution is -2.50. The Morgan fingerprint density at radius 3 is 2.44 bits per heavy atom. The summed E-state index contributed by atoms with van der Waals surface area (Å²) in [7, 11) is 0. The number of carbonyl (C=O) groups excluding carboxylic acids is 2. The summed E-state index contributed by atoms with van der Waals surface area (Å²) in [5.74, 6) is 0.484. The molecule has 0 spiro atoms. The van der Waals surface area contributed by atoms with Gasteiger partial charge < -0.3 is 14.2 Å². The lowest BCUT2D eigenvalue weighted by molar-refractivity contribution is -0.132. The highest BCUT2D eigenvalue weighted by atomic mass is 32.2. The van der Waals surface area contributed by atoms with Crippen molar-refractivity contribution in [2.45, 2.75) is 11.3 Å². The Hall–Kier alpha value is -2.28. The van der Waals surface area contributed by atoms with E-state index < -0.39 is 0 Å². The highest BCUT2D eigenvalue weighted by Gasteiger charge is 2.25. The molecular formula is C18H19FN2O3S. The van der Waals surface area contributed by atoms with Crippen LogP contribution in [0.15, 0.2) is 52.0 Å². The molecule has 132 valence electrons. The number of rotatable bonds is 5. The Morgan fingerprint density at radius 2 is 1.76 bits per heavy atom. The van der Waals surface area contributed by atoms with Crippen LogP contribution in [0, 0.1) is 5.82 Å². The normalized spacial score (nSPS) is 14.6. The van der Waals surface area contributed by atoms with Crippen LogP contribution in [0.4, 0.5) is 4.39 Å². The highest BCUT2D eigenvalue weighted by Crippen LogP contribution is 2.22. The molecule has 2 amide bonds. The molecule has 1 aromatic carbocycles. The molecule has 1 fully saturated rings. The smallest absolute Gasteiger partial charge is 0.289 e. The van der Waals surface area contributed by atoms with Gasteiger partial charge >= 0.3 is 0 Å². The van der Waals surface area contributed by atoms with Crippen molar-refractivity contribution in [1.82, 2.24) is 9.80 Å². The molecular weight excluding hydrogens is 343 g/mol. The maximum atomic E-state index is 13.5. The number of furan rings is 1. The summed E-state index contributed by atoms with van der Waals surface area (Å²) in [5.41, 5.74) is 0. The fraction of sp³-hybridized carbons (Fsp3) is 0.333. The van der Waals surface area contributed by atoms with Crippen LogP contribution in [-0.2, 0) is 4.79 Å². The molecule has 1 aliphatic rings. The Labute approximate surface area is 149 Å². The standard InChI is InChI=1S/C18H19FN2O3S/c19-14-4-1-2-6-16(14)25-13-7-17(22)20-8-10-21(11-9-20)18(23)15-5-3-12-24-15/h1-6,12H,7-11,13H2. The first kappa shape index (κ1) is 17.5. The Morgan fingerprint density at radius 1 is 1.04 bits per heavy atom. The van der Waals surface area contributed by atoms with Crippen molar-refractivity contribution in [3.05, 3.63) is 54.2 Å². The average molecular weight is 362 g/mol. The van der Waals surface area contributed by atoms with Gasteiger partial charge in [0.05, 0.1) is 6.26 Å². The van der Waals surface area contributed by atoms with E-state index in [2.05, 4.69) is 0 Å². The zero-order valence-electron chi connectivity index (χ0n) is 13.7. The second kappa shape index (κ2) is 8.20. The molecule has 25 heavy (non-hydrogen) atoms. The zero-order chi connectivity index (χ0) is 17.6. The Balaban J connectivity index is 1.42. The van der Waals surface area contributed by atoms with E-state index in [1.807, 2.05) is 0 Å². The van der Waals surface area contributed by atoms with Crippen molar-refractivity contribution in [3.8, 4) is 0 Å². The molecule has 7 heteroatoms. The third-order valence-electron chi connectivity index (χ3n) is 4.06. The maximum absolute atomic E-state index is 13.5. The number of carbonyl (C=O) groups is 2. The van der Waals surface area contributed by atoms with Gasteiger partial charge in [-0.05, 0) is 24.3 Å². The predicted octanol–water partition coefficient (Wildman–Crippen LogP) is 2.89. The monoisotopic (exact) mass is 362 g/mol. The Bertz CT molecular complexity index is 728. The molecule has 0 N–H and O–H groups in total. The largest absolute Gasteiger partial charge is 0.459 e. The van der Waals surface area contributed by atoms with Gasteiger partial charge in [-0.2, -0.15) is 0 Å². The van der Waals surface area contributed by atoms with E-state index in [-0.39, 0.29) is 17.6 Å². The maximum Gasteiger partial charge on any atom is 0.289 e. The molecule has 1 aliphatic heterocycles. The molecule has 0 radical (unpaired) electrons. The van der Waals surface area contributed by atoms with Gasteiger partial charge in [0.25, 0.3) is 5.91 Å². The summed E-state index contributed by atoms with van der Waals surface area (Å²) in [5, 5.41) is 0. The van der Waals surface area contributed by atoms with Gasteiger partial charge in [-0.1, -0.05) is 12.1 Å². The number of hydrogen-bond acceptors (Lipinski definition) is 4. The van der Waals surface area contributed by atoms with Crippen LogP contribution in [0.3, 0.4) is 0 Å². The summed E-state index contributed by atoms with van der Waals surface area (Å²) >= 11 is 1.34. The van der Waals surface area contributed by atoms with E-state index in [1.165, 1.54) is 24.1 Å². The van der Waals surface area contributed by atoms with Gasteiger partial charge in [0.15, 0.2) is 5.76 Å². The summed E-state index contributed by atoms with van der Waals surface area (Å²) in [4.78, 5) is 28.5. The Kier molecular flexibility index (Phi) is 5.75. The third kappa shape index (κ3) is 4.42. The summed E-state index contributed by atoms with van der Waals surface area (Å²) < 4.78 is 18.7. The van der Waals surface area contributed by atoms with E-state index in [9.17, 15) is 14.0 Å². The molecule has 3 rings (SSSR count). The van der Waals surface area contributed by atoms with Crippen LogP contribution < -0.4 is 0 Å². The number of amides is 2. The van der Waals surface area contributed by atoms with E-state index in [1.54, 1.807) is 40.1 Å². The van der Waals surface area contributed by atoms with Crippen molar-refractivity contribution >= 4 is 23.6 Å². The van der Waals surface area contributed by atoms with Crippen LogP contribution in [0.5, 0.6) is 0 Å². The lowest BCUT2D eigenvalue weighted by Gasteiger charge is -2.34. The first-order valence-electron chi connectivity index (χ1n) is 8.13. The summed E-state index contributed by atoms with van der Waals surface area (Å²) in [6.07, 6.45) is 1.82. The van der Waals surface area contributed by atoms with Crippen molar-refractivity contribution in [3.63, 3.8) is 0 Å². The number of halogens is 1. The minimum atomic E-state index is -0.259. The second-order valence-corrected chi connectivity index (χ2v) is 6.82. The van der Waals surface area contributed by atoms with Crippen molar-refractivity contribution in [2.75, 3.05) is 31.9 Å². The van der Waals surface area contributed by atoms with Crippen LogP contribution >= 0.6 is 11.8 Å². The predicted molar refractivity (Wildman–Crippen MR) is 92.9 cm³/mol. The van der Waals surface area contributed by atoms with Gasteiger partial charge in [-0.15, -0.1) is 11.8 Å². The van der Waals surface area contributed by atoms with Crippen molar-refractivity contribution in [2.24, 2.45) is 0 Å². The van der Waals surface area contributed by atoms with Gasteiger partial charge in [-0.3, -0.25) is 9.59 Å². The molecule has 0 unspecified atom stereocenters. The molecule has 0 aliphatic carbocycles. The number of hydrogen-bond donors (Lipinski definition) is 0. The van der Waals surface area contributed by atoms with E-state index in [4.69, 9.17) is 4.42 Å². The van der Waals surface area contributed by atoms with Crippen LogP contribution in [0.25, 0.3) is 0 Å². The molecule has 0 saturated carbocycles. The van der Waals surface area contributed by atoms with E-state index >= 15 is 0 Å². The first-order valence-corrected chi connectivity index (χ1v) is 9.11. The molecule has 0 bridgehead atoms. The minimum absolute atomic E-state index is 0.0361. The van der Waals surface area contributed by atoms with Gasteiger partial charge in [0.1, 0.15) is 5.82 Å². The number of piperazine rings is 1. The summed E-state index contributed by atoms with van der Waals surface area (Å²) in [6.45, 7) is 2.00. The number of nitrogens with zero attached hydrogens (tertiary/aromatic N) is 2. The van der Waals surface area contributed by atoms with Gasteiger partial charge in [-0.25, -0.2) is 4.39 Å². The fourth-order valence-corrected chi connectivity index (χ4v) is 3.56. The van der Waals surface area contributed by atoms with Crippen LogP contribution in [0.1, 0.15) is 17.0 Å². The van der Waals surface area contributed by atoms with Crippen molar-refractivity contribution in [1.29, 1.82) is 0 Å². The first-order chi connectivity index (χ1) is 12.1. The molecule has 0 atom stereocenters. The van der Waals surface area contributed by atoms with E-state index in [0.717, 1.165) is 0 Å². The quantitative estimate of drug-likeness (QED) is 0.768. The highest BCUT2D eigenvalue weighted by molar-refractivity contribution is 7.99. The molecule has 2 aromatic rings. The minimum Gasteiger partial charge on any atom is -0.459 e. The number of benzene rings is 1. The fourth-order valence-electron chi connectivity index (χ4n) is 2.68. The molecule has 2 heterocycles. The lowest BCUT2D eigenvalue weighted by atomic mass is 10.2. The topological polar surface area (TPSA) is 53.8 Å². The zero-order valence-corrected chi connectivity index (χ0v) is 14.5. The average Bonchev–Trinajstić information content (AvgIpc) is 3.17. The molecule has 5 nitrogen and oxygen atoms in total. The second-order valence-electron chi connectivity index (χ2n) is 5.68. The van der Waals surface area contributed by atoms with Crippen molar-refractivity contribution < 1.29 is 18.4 Å². The third-order valence-corrected chi connectivity index (χ3v) is 5.11. The molecule has 1 saturated heterocycles. The SMILES string of the molecule is O=C(CCSc1ccccc1F)N1CCN(C(=O)c2ccco2)CC1. The molecule has 1 aromatic heterocycles.